The van der Waals surface area contributed by atoms with E-state index in [-0.39, 0.29) is 30.5 Å². The molecule has 0 saturated carbocycles. The molecule has 0 aliphatic heterocycles. The van der Waals surface area contributed by atoms with Gasteiger partial charge in [0, 0.05) is 33.3 Å². The lowest BCUT2D eigenvalue weighted by Crippen LogP contribution is -2.41. The Morgan fingerprint density at radius 1 is 1.23 bits per heavy atom. The molecule has 1 aromatic rings. The monoisotopic (exact) mass is 488 g/mol. The third-order valence-corrected chi connectivity index (χ3v) is 3.48. The molecule has 0 heterocycles. The van der Waals surface area contributed by atoms with Gasteiger partial charge in [0.15, 0.2) is 5.96 Å². The number of alkyl halides is 3. The van der Waals surface area contributed by atoms with Gasteiger partial charge in [0.25, 0.3) is 0 Å². The van der Waals surface area contributed by atoms with E-state index in [1.54, 1.807) is 13.2 Å². The van der Waals surface area contributed by atoms with Gasteiger partial charge < -0.3 is 20.3 Å². The summed E-state index contributed by atoms with van der Waals surface area (Å²) >= 11 is 0. The minimum Gasteiger partial charge on any atom is -0.383 e. The van der Waals surface area contributed by atoms with Crippen LogP contribution in [0, 0.1) is 0 Å². The van der Waals surface area contributed by atoms with Crippen molar-refractivity contribution >= 4 is 29.9 Å². The maximum absolute atomic E-state index is 12.7. The number of ether oxygens (including phenoxy) is 1. The van der Waals surface area contributed by atoms with Crippen LogP contribution in [0.2, 0.25) is 0 Å². The van der Waals surface area contributed by atoms with Crippen molar-refractivity contribution in [2.45, 2.75) is 19.6 Å². The Hall–Kier alpha value is -1.07. The van der Waals surface area contributed by atoms with E-state index in [4.69, 9.17) is 4.74 Å². The van der Waals surface area contributed by atoms with Crippen LogP contribution in [-0.4, -0.2) is 57.8 Å². The van der Waals surface area contributed by atoms with E-state index in [9.17, 15) is 13.2 Å². The Labute approximate surface area is 170 Å². The SMILES string of the molecule is CCNC(=NCc1cccc(C(F)(F)F)c1)NCCN(C)CCOC.I. The Morgan fingerprint density at radius 2 is 1.96 bits per heavy atom. The number of likely N-dealkylation sites (N-methyl/N-ethyl adjacent to an activating group) is 1. The van der Waals surface area contributed by atoms with E-state index in [0.717, 1.165) is 25.2 Å². The van der Waals surface area contributed by atoms with Crippen LogP contribution in [0.5, 0.6) is 0 Å². The molecular weight excluding hydrogens is 460 g/mol. The summed E-state index contributed by atoms with van der Waals surface area (Å²) in [4.78, 5) is 6.47. The first-order valence-electron chi connectivity index (χ1n) is 8.22. The third-order valence-electron chi connectivity index (χ3n) is 3.48. The van der Waals surface area contributed by atoms with Crippen LogP contribution in [0.25, 0.3) is 0 Å². The van der Waals surface area contributed by atoms with Gasteiger partial charge >= 0.3 is 6.18 Å². The molecule has 0 aromatic heterocycles. The normalized spacial score (nSPS) is 12.0. The predicted octanol–water partition coefficient (Wildman–Crippen LogP) is 2.96. The summed E-state index contributed by atoms with van der Waals surface area (Å²) in [6.07, 6.45) is -4.34. The summed E-state index contributed by atoms with van der Waals surface area (Å²) in [5, 5.41) is 6.27. The highest BCUT2D eigenvalue weighted by Gasteiger charge is 2.30. The van der Waals surface area contributed by atoms with E-state index in [1.165, 1.54) is 6.07 Å². The van der Waals surface area contributed by atoms with Crippen LogP contribution in [-0.2, 0) is 17.5 Å². The molecule has 1 aromatic carbocycles. The van der Waals surface area contributed by atoms with Crippen molar-refractivity contribution in [1.82, 2.24) is 15.5 Å². The second kappa shape index (κ2) is 13.2. The van der Waals surface area contributed by atoms with Crippen LogP contribution >= 0.6 is 24.0 Å². The van der Waals surface area contributed by atoms with Gasteiger partial charge in [0.05, 0.1) is 18.7 Å². The number of hydrogen-bond donors (Lipinski definition) is 2. The van der Waals surface area contributed by atoms with Crippen molar-refractivity contribution in [3.05, 3.63) is 35.4 Å². The zero-order valence-corrected chi connectivity index (χ0v) is 17.7. The average Bonchev–Trinajstić information content (AvgIpc) is 2.57. The number of guanidine groups is 1. The van der Waals surface area contributed by atoms with Crippen molar-refractivity contribution in [1.29, 1.82) is 0 Å². The summed E-state index contributed by atoms with van der Waals surface area (Å²) in [5.74, 6) is 0.583. The lowest BCUT2D eigenvalue weighted by Gasteiger charge is -2.17. The molecule has 5 nitrogen and oxygen atoms in total. The van der Waals surface area contributed by atoms with Gasteiger partial charge in [-0.1, -0.05) is 12.1 Å². The zero-order valence-electron chi connectivity index (χ0n) is 15.4. The van der Waals surface area contributed by atoms with Gasteiger partial charge in [-0.2, -0.15) is 13.2 Å². The fourth-order valence-electron chi connectivity index (χ4n) is 2.08. The molecular formula is C17H28F3IN4O. The molecule has 1 rings (SSSR count). The predicted molar refractivity (Wildman–Crippen MR) is 109 cm³/mol. The second-order valence-electron chi connectivity index (χ2n) is 5.62. The number of hydrogen-bond acceptors (Lipinski definition) is 3. The molecule has 0 spiro atoms. The number of nitrogens with one attached hydrogen (secondary N) is 2. The summed E-state index contributed by atoms with van der Waals surface area (Å²) in [6, 6.07) is 5.23. The number of halogens is 4. The molecule has 0 fully saturated rings. The van der Waals surface area contributed by atoms with Crippen molar-refractivity contribution < 1.29 is 17.9 Å². The van der Waals surface area contributed by atoms with Crippen molar-refractivity contribution in [3.63, 3.8) is 0 Å². The first kappa shape index (κ1) is 24.9. The minimum atomic E-state index is -4.34. The summed E-state index contributed by atoms with van der Waals surface area (Å²) in [6.45, 7) is 5.77. The van der Waals surface area contributed by atoms with Crippen LogP contribution in [0.4, 0.5) is 13.2 Å². The van der Waals surface area contributed by atoms with Crippen LogP contribution < -0.4 is 10.6 Å². The first-order chi connectivity index (χ1) is 11.9. The maximum atomic E-state index is 12.7. The van der Waals surface area contributed by atoms with Gasteiger partial charge in [0.2, 0.25) is 0 Å². The molecule has 9 heteroatoms. The largest absolute Gasteiger partial charge is 0.416 e. The van der Waals surface area contributed by atoms with Gasteiger partial charge in [-0.15, -0.1) is 24.0 Å². The first-order valence-corrected chi connectivity index (χ1v) is 8.22. The molecule has 0 saturated heterocycles. The average molecular weight is 488 g/mol. The molecule has 0 unspecified atom stereocenters. The molecule has 0 aliphatic carbocycles. The Balaban J connectivity index is 0.00000625. The van der Waals surface area contributed by atoms with Crippen molar-refractivity contribution in [3.8, 4) is 0 Å². The van der Waals surface area contributed by atoms with Gasteiger partial charge in [-0.25, -0.2) is 4.99 Å². The standard InChI is InChI=1S/C17H27F3N4O.HI/c1-4-21-16(22-8-9-24(2)10-11-25-3)23-13-14-6-5-7-15(12-14)17(18,19)20;/h5-7,12H,4,8-11,13H2,1-3H3,(H2,21,22,23);1H. The van der Waals surface area contributed by atoms with E-state index >= 15 is 0 Å². The van der Waals surface area contributed by atoms with Crippen molar-refractivity contribution in [2.24, 2.45) is 4.99 Å². The molecule has 150 valence electrons. The number of benzene rings is 1. The topological polar surface area (TPSA) is 48.9 Å². The van der Waals surface area contributed by atoms with E-state index in [1.807, 2.05) is 14.0 Å². The highest BCUT2D eigenvalue weighted by atomic mass is 127. The lowest BCUT2D eigenvalue weighted by molar-refractivity contribution is -0.137. The fraction of sp³-hybridized carbons (Fsp3) is 0.588. The van der Waals surface area contributed by atoms with Crippen LogP contribution in [0.15, 0.2) is 29.3 Å². The van der Waals surface area contributed by atoms with Crippen molar-refractivity contribution in [2.75, 3.05) is 46.9 Å². The van der Waals surface area contributed by atoms with Gasteiger partial charge in [0.1, 0.15) is 0 Å². The molecule has 0 amide bonds. The smallest absolute Gasteiger partial charge is 0.383 e. The lowest BCUT2D eigenvalue weighted by atomic mass is 10.1. The number of aliphatic imine (C=N–C) groups is 1. The Kier molecular flexibility index (Phi) is 12.6. The number of nitrogens with zero attached hydrogens (tertiary/aromatic N) is 2. The molecule has 0 aliphatic rings. The summed E-state index contributed by atoms with van der Waals surface area (Å²) in [7, 11) is 3.66. The second-order valence-corrected chi connectivity index (χ2v) is 5.62. The molecule has 0 atom stereocenters. The summed E-state index contributed by atoms with van der Waals surface area (Å²) < 4.78 is 43.3. The van der Waals surface area contributed by atoms with Gasteiger partial charge in [-0.05, 0) is 31.7 Å². The quantitative estimate of drug-likeness (QED) is 0.319. The Morgan fingerprint density at radius 3 is 2.58 bits per heavy atom. The molecule has 0 radical (unpaired) electrons. The minimum absolute atomic E-state index is 0. The molecule has 0 bridgehead atoms. The number of rotatable bonds is 9. The third kappa shape index (κ3) is 10.2. The zero-order chi connectivity index (χ0) is 18.7. The van der Waals surface area contributed by atoms with E-state index < -0.39 is 11.7 Å². The molecule has 26 heavy (non-hydrogen) atoms. The fourth-order valence-corrected chi connectivity index (χ4v) is 2.08. The van der Waals surface area contributed by atoms with Crippen LogP contribution in [0.1, 0.15) is 18.1 Å². The van der Waals surface area contributed by atoms with Crippen LogP contribution in [0.3, 0.4) is 0 Å². The van der Waals surface area contributed by atoms with Gasteiger partial charge in [-0.3, -0.25) is 0 Å². The molecule has 2 N–H and O–H groups in total. The van der Waals surface area contributed by atoms with E-state index in [0.29, 0.717) is 31.2 Å². The Bertz CT molecular complexity index is 541. The highest BCUT2D eigenvalue weighted by molar-refractivity contribution is 14.0. The maximum Gasteiger partial charge on any atom is 0.416 e. The summed E-state index contributed by atoms with van der Waals surface area (Å²) in [5.41, 5.74) is -0.137. The number of methoxy groups -OCH3 is 1. The highest BCUT2D eigenvalue weighted by Crippen LogP contribution is 2.29. The van der Waals surface area contributed by atoms with E-state index in [2.05, 4.69) is 20.5 Å².